The SMILES string of the molecule is CC(N)c1ccc(N(C)CC2CCCO2)cc1Br. The van der Waals surface area contributed by atoms with E-state index in [1.165, 1.54) is 18.5 Å². The van der Waals surface area contributed by atoms with Crippen molar-refractivity contribution in [1.29, 1.82) is 0 Å². The van der Waals surface area contributed by atoms with Crippen molar-refractivity contribution in [2.75, 3.05) is 25.1 Å². The summed E-state index contributed by atoms with van der Waals surface area (Å²) in [5.74, 6) is 0. The normalized spacial score (nSPS) is 21.0. The fourth-order valence-electron chi connectivity index (χ4n) is 2.32. The van der Waals surface area contributed by atoms with E-state index < -0.39 is 0 Å². The molecule has 0 radical (unpaired) electrons. The van der Waals surface area contributed by atoms with E-state index in [0.717, 1.165) is 23.2 Å². The Balaban J connectivity index is 2.05. The number of benzene rings is 1. The van der Waals surface area contributed by atoms with Crippen LogP contribution in [0.3, 0.4) is 0 Å². The minimum Gasteiger partial charge on any atom is -0.376 e. The molecule has 1 heterocycles. The maximum atomic E-state index is 5.91. The van der Waals surface area contributed by atoms with Gasteiger partial charge in [0.05, 0.1) is 6.10 Å². The van der Waals surface area contributed by atoms with Gasteiger partial charge in [-0.05, 0) is 37.5 Å². The minimum atomic E-state index is 0.0527. The van der Waals surface area contributed by atoms with Crippen molar-refractivity contribution in [3.63, 3.8) is 0 Å². The van der Waals surface area contributed by atoms with Gasteiger partial charge < -0.3 is 15.4 Å². The third-order valence-corrected chi connectivity index (χ3v) is 4.10. The molecule has 0 aliphatic carbocycles. The first-order valence-corrected chi connectivity index (χ1v) is 7.25. The Kier molecular flexibility index (Phi) is 4.65. The van der Waals surface area contributed by atoms with Crippen LogP contribution in [0.15, 0.2) is 22.7 Å². The van der Waals surface area contributed by atoms with E-state index in [0.29, 0.717) is 6.10 Å². The van der Waals surface area contributed by atoms with E-state index in [9.17, 15) is 0 Å². The Bertz CT molecular complexity index is 403. The lowest BCUT2D eigenvalue weighted by molar-refractivity contribution is 0.116. The number of nitrogens with two attached hydrogens (primary N) is 1. The molecular weight excluding hydrogens is 292 g/mol. The Morgan fingerprint density at radius 2 is 2.33 bits per heavy atom. The number of anilines is 1. The topological polar surface area (TPSA) is 38.5 Å². The van der Waals surface area contributed by atoms with E-state index in [4.69, 9.17) is 10.5 Å². The first kappa shape index (κ1) is 13.8. The van der Waals surface area contributed by atoms with Gasteiger partial charge in [0.1, 0.15) is 0 Å². The third-order valence-electron chi connectivity index (χ3n) is 3.42. The molecule has 1 aliphatic rings. The summed E-state index contributed by atoms with van der Waals surface area (Å²) in [7, 11) is 2.11. The van der Waals surface area contributed by atoms with Crippen LogP contribution in [0, 0.1) is 0 Å². The number of hydrogen-bond acceptors (Lipinski definition) is 3. The average molecular weight is 313 g/mol. The van der Waals surface area contributed by atoms with Gasteiger partial charge in [0.25, 0.3) is 0 Å². The largest absolute Gasteiger partial charge is 0.376 e. The van der Waals surface area contributed by atoms with Gasteiger partial charge in [-0.3, -0.25) is 0 Å². The highest BCUT2D eigenvalue weighted by Crippen LogP contribution is 2.27. The van der Waals surface area contributed by atoms with E-state index in [2.05, 4.69) is 46.1 Å². The predicted molar refractivity (Wildman–Crippen MR) is 79.0 cm³/mol. The molecule has 1 saturated heterocycles. The number of ether oxygens (including phenoxy) is 1. The van der Waals surface area contributed by atoms with Gasteiger partial charge in [0.2, 0.25) is 0 Å². The quantitative estimate of drug-likeness (QED) is 0.928. The summed E-state index contributed by atoms with van der Waals surface area (Å²) in [5.41, 5.74) is 8.25. The van der Waals surface area contributed by atoms with Crippen LogP contribution in [0.4, 0.5) is 5.69 Å². The van der Waals surface area contributed by atoms with Crippen LogP contribution in [-0.2, 0) is 4.74 Å². The van der Waals surface area contributed by atoms with Crippen LogP contribution in [0.25, 0.3) is 0 Å². The molecular formula is C14H21BrN2O. The van der Waals surface area contributed by atoms with Crippen molar-refractivity contribution in [2.24, 2.45) is 5.73 Å². The fourth-order valence-corrected chi connectivity index (χ4v) is 3.05. The molecule has 1 fully saturated rings. The molecule has 2 rings (SSSR count). The molecule has 1 aromatic rings. The number of nitrogens with zero attached hydrogens (tertiary/aromatic N) is 1. The minimum absolute atomic E-state index is 0.0527. The van der Waals surface area contributed by atoms with Crippen LogP contribution < -0.4 is 10.6 Å². The Morgan fingerprint density at radius 3 is 2.89 bits per heavy atom. The number of likely N-dealkylation sites (N-methyl/N-ethyl adjacent to an activating group) is 1. The first-order valence-electron chi connectivity index (χ1n) is 6.45. The smallest absolute Gasteiger partial charge is 0.0750 e. The third kappa shape index (κ3) is 3.25. The Morgan fingerprint density at radius 1 is 1.56 bits per heavy atom. The van der Waals surface area contributed by atoms with Crippen LogP contribution in [0.2, 0.25) is 0 Å². The summed E-state index contributed by atoms with van der Waals surface area (Å²) >= 11 is 3.59. The summed E-state index contributed by atoms with van der Waals surface area (Å²) in [6.07, 6.45) is 2.73. The summed E-state index contributed by atoms with van der Waals surface area (Å²) in [5, 5.41) is 0. The van der Waals surface area contributed by atoms with Crippen LogP contribution in [0.1, 0.15) is 31.4 Å². The second kappa shape index (κ2) is 6.04. The molecule has 18 heavy (non-hydrogen) atoms. The molecule has 0 spiro atoms. The van der Waals surface area contributed by atoms with Gasteiger partial charge in [0.15, 0.2) is 0 Å². The number of hydrogen-bond donors (Lipinski definition) is 1. The van der Waals surface area contributed by atoms with Crippen molar-refractivity contribution < 1.29 is 4.74 Å². The average Bonchev–Trinajstić information content (AvgIpc) is 2.81. The molecule has 2 unspecified atom stereocenters. The molecule has 0 aromatic heterocycles. The fraction of sp³-hybridized carbons (Fsp3) is 0.571. The lowest BCUT2D eigenvalue weighted by atomic mass is 10.1. The molecule has 4 heteroatoms. The highest BCUT2D eigenvalue weighted by molar-refractivity contribution is 9.10. The van der Waals surface area contributed by atoms with Gasteiger partial charge in [-0.25, -0.2) is 0 Å². The summed E-state index contributed by atoms with van der Waals surface area (Å²) in [4.78, 5) is 2.24. The zero-order chi connectivity index (χ0) is 13.1. The Hall–Kier alpha value is -0.580. The van der Waals surface area contributed by atoms with E-state index in [-0.39, 0.29) is 6.04 Å². The molecule has 3 nitrogen and oxygen atoms in total. The van der Waals surface area contributed by atoms with Gasteiger partial charge in [-0.1, -0.05) is 22.0 Å². The summed E-state index contributed by atoms with van der Waals surface area (Å²) < 4.78 is 6.74. The van der Waals surface area contributed by atoms with Gasteiger partial charge >= 0.3 is 0 Å². The maximum absolute atomic E-state index is 5.91. The second-order valence-electron chi connectivity index (χ2n) is 5.01. The molecule has 0 saturated carbocycles. The van der Waals surface area contributed by atoms with Crippen molar-refractivity contribution in [1.82, 2.24) is 0 Å². The van der Waals surface area contributed by atoms with Crippen LogP contribution >= 0.6 is 15.9 Å². The lowest BCUT2D eigenvalue weighted by Crippen LogP contribution is -2.28. The molecule has 1 aromatic carbocycles. The summed E-state index contributed by atoms with van der Waals surface area (Å²) in [6.45, 7) is 3.85. The van der Waals surface area contributed by atoms with Gasteiger partial charge in [-0.15, -0.1) is 0 Å². The molecule has 100 valence electrons. The molecule has 2 N–H and O–H groups in total. The zero-order valence-corrected chi connectivity index (χ0v) is 12.6. The van der Waals surface area contributed by atoms with Gasteiger partial charge in [0, 0.05) is 36.4 Å². The predicted octanol–water partition coefficient (Wildman–Crippen LogP) is 3.08. The first-order chi connectivity index (χ1) is 8.58. The highest BCUT2D eigenvalue weighted by atomic mass is 79.9. The molecule has 0 amide bonds. The number of rotatable bonds is 4. The van der Waals surface area contributed by atoms with Crippen molar-refractivity contribution in [3.05, 3.63) is 28.2 Å². The molecule has 1 aliphatic heterocycles. The monoisotopic (exact) mass is 312 g/mol. The van der Waals surface area contributed by atoms with Crippen LogP contribution in [-0.4, -0.2) is 26.3 Å². The maximum Gasteiger partial charge on any atom is 0.0750 e. The zero-order valence-electron chi connectivity index (χ0n) is 11.0. The van der Waals surface area contributed by atoms with Crippen molar-refractivity contribution in [2.45, 2.75) is 31.9 Å². The van der Waals surface area contributed by atoms with Gasteiger partial charge in [-0.2, -0.15) is 0 Å². The Labute approximate surface area is 117 Å². The molecule has 2 atom stereocenters. The van der Waals surface area contributed by atoms with E-state index >= 15 is 0 Å². The van der Waals surface area contributed by atoms with Crippen molar-refractivity contribution >= 4 is 21.6 Å². The van der Waals surface area contributed by atoms with Crippen molar-refractivity contribution in [3.8, 4) is 0 Å². The lowest BCUT2D eigenvalue weighted by Gasteiger charge is -2.23. The second-order valence-corrected chi connectivity index (χ2v) is 5.86. The summed E-state index contributed by atoms with van der Waals surface area (Å²) in [6, 6.07) is 6.40. The standard InChI is InChI=1S/C14H21BrN2O/c1-10(16)13-6-5-11(8-14(13)15)17(2)9-12-4-3-7-18-12/h5-6,8,10,12H,3-4,7,9,16H2,1-2H3. The van der Waals surface area contributed by atoms with E-state index in [1.807, 2.05) is 6.92 Å². The molecule has 0 bridgehead atoms. The number of halogens is 1. The van der Waals surface area contributed by atoms with Crippen LogP contribution in [0.5, 0.6) is 0 Å². The highest BCUT2D eigenvalue weighted by Gasteiger charge is 2.18. The van der Waals surface area contributed by atoms with E-state index in [1.54, 1.807) is 0 Å².